The summed E-state index contributed by atoms with van der Waals surface area (Å²) in [4.78, 5) is 0. The van der Waals surface area contributed by atoms with Crippen molar-refractivity contribution in [2.75, 3.05) is 20.8 Å². The van der Waals surface area contributed by atoms with Gasteiger partial charge in [-0.2, -0.15) is 12.6 Å². The van der Waals surface area contributed by atoms with Crippen molar-refractivity contribution in [2.24, 2.45) is 0 Å². The van der Waals surface area contributed by atoms with Crippen LogP contribution in [0, 0.1) is 0 Å². The Labute approximate surface area is 88.4 Å². The van der Waals surface area contributed by atoms with Crippen molar-refractivity contribution in [2.45, 2.75) is 6.92 Å². The lowest BCUT2D eigenvalue weighted by Crippen LogP contribution is -2.01. The van der Waals surface area contributed by atoms with Crippen LogP contribution in [-0.4, -0.2) is 38.0 Å². The molecule has 0 unspecified atom stereocenters. The van der Waals surface area contributed by atoms with Crippen LogP contribution in [0.3, 0.4) is 0 Å². The van der Waals surface area contributed by atoms with Crippen LogP contribution in [-0.2, 0) is 43.2 Å². The van der Waals surface area contributed by atoms with E-state index in [1.54, 1.807) is 0 Å². The minimum absolute atomic E-state index is 0.0289. The second kappa shape index (κ2) is 7.45. The summed E-state index contributed by atoms with van der Waals surface area (Å²) in [5.41, 5.74) is 0. The van der Waals surface area contributed by atoms with E-state index in [4.69, 9.17) is 4.55 Å². The first-order chi connectivity index (χ1) is 6.18. The maximum atomic E-state index is 10.3. The fourth-order valence-corrected chi connectivity index (χ4v) is 0.651. The lowest BCUT2D eigenvalue weighted by atomic mass is 10.9. The van der Waals surface area contributed by atoms with E-state index >= 15 is 0 Å². The summed E-state index contributed by atoms with van der Waals surface area (Å²) in [5, 5.41) is 0. The van der Waals surface area contributed by atoms with E-state index in [1.807, 2.05) is 0 Å². The number of hydrogen-bond acceptors (Lipinski definition) is 7. The van der Waals surface area contributed by atoms with Gasteiger partial charge < -0.3 is 0 Å². The van der Waals surface area contributed by atoms with Gasteiger partial charge in [-0.1, -0.05) is 0 Å². The third-order valence-corrected chi connectivity index (χ3v) is 2.84. The molecule has 0 saturated carbocycles. The maximum absolute atomic E-state index is 10.3. The van der Waals surface area contributed by atoms with E-state index in [2.05, 4.69) is 23.7 Å². The van der Waals surface area contributed by atoms with Gasteiger partial charge in [-0.25, -0.2) is 4.18 Å². The van der Waals surface area contributed by atoms with Crippen LogP contribution in [0.15, 0.2) is 0 Å². The van der Waals surface area contributed by atoms with Gasteiger partial charge in [-0.05, 0) is 6.92 Å². The smallest absolute Gasteiger partial charge is 0.273 e. The zero-order valence-corrected chi connectivity index (χ0v) is 10.3. The molecule has 10 heteroatoms. The standard InChI is InChI=1S/C2H6O4S.C2H6O3S2/c1-2-6-7(3,4)5;1-4-7(3,6)5-2/h2H2,1H3,(H,3,4,5);1-2H3. The maximum Gasteiger partial charge on any atom is 0.397 e. The van der Waals surface area contributed by atoms with Gasteiger partial charge in [0, 0.05) is 11.2 Å². The molecule has 88 valence electrons. The Balaban J connectivity index is 0. The molecule has 1 N–H and O–H groups in total. The predicted molar refractivity (Wildman–Crippen MR) is 52.7 cm³/mol. The normalized spacial score (nSPS) is 11.7. The van der Waals surface area contributed by atoms with Crippen molar-refractivity contribution in [3.8, 4) is 0 Å². The van der Waals surface area contributed by atoms with Crippen molar-refractivity contribution in [3.05, 3.63) is 0 Å². The first-order valence-corrected chi connectivity index (χ1v) is 6.86. The van der Waals surface area contributed by atoms with Crippen molar-refractivity contribution in [1.29, 1.82) is 0 Å². The molecule has 0 aliphatic rings. The Morgan fingerprint density at radius 3 is 1.57 bits per heavy atom. The highest BCUT2D eigenvalue weighted by atomic mass is 32.9. The quantitative estimate of drug-likeness (QED) is 0.693. The molecule has 14 heavy (non-hydrogen) atoms. The largest absolute Gasteiger partial charge is 0.397 e. The highest BCUT2D eigenvalue weighted by Gasteiger charge is 1.98. The summed E-state index contributed by atoms with van der Waals surface area (Å²) >= 11 is 4.23. The van der Waals surface area contributed by atoms with E-state index in [0.29, 0.717) is 0 Å². The van der Waals surface area contributed by atoms with Crippen molar-refractivity contribution in [1.82, 2.24) is 0 Å². The Morgan fingerprint density at radius 2 is 1.57 bits per heavy atom. The Hall–Kier alpha value is 0.160. The Morgan fingerprint density at radius 1 is 1.21 bits per heavy atom. The fourth-order valence-electron chi connectivity index (χ4n) is 0.217. The van der Waals surface area contributed by atoms with Crippen molar-refractivity contribution >= 4 is 30.6 Å². The minimum Gasteiger partial charge on any atom is -0.273 e. The molecule has 0 radical (unpaired) electrons. The molecule has 0 atom stereocenters. The second-order valence-corrected chi connectivity index (χ2v) is 5.37. The SMILES string of the molecule is CCOS(=O)(=O)O.COS(=O)(=S)OC. The van der Waals surface area contributed by atoms with E-state index in [0.717, 1.165) is 0 Å². The molecule has 0 aliphatic heterocycles. The molecular formula is C4H12O7S3. The van der Waals surface area contributed by atoms with E-state index in [1.165, 1.54) is 21.1 Å². The summed E-state index contributed by atoms with van der Waals surface area (Å²) in [5.74, 6) is 0. The predicted octanol–water partition coefficient (Wildman–Crippen LogP) is -0.319. The van der Waals surface area contributed by atoms with Gasteiger partial charge in [0.15, 0.2) is 0 Å². The second-order valence-electron chi connectivity index (χ2n) is 1.58. The summed E-state index contributed by atoms with van der Waals surface area (Å²) in [6, 6.07) is 0. The molecule has 0 spiro atoms. The molecule has 7 nitrogen and oxygen atoms in total. The topological polar surface area (TPSA) is 99.1 Å². The molecule has 0 saturated heterocycles. The van der Waals surface area contributed by atoms with E-state index in [9.17, 15) is 12.6 Å². The van der Waals surface area contributed by atoms with Crippen LogP contribution in [0.5, 0.6) is 0 Å². The van der Waals surface area contributed by atoms with Crippen LogP contribution >= 0.6 is 0 Å². The molecule has 0 amide bonds. The zero-order valence-electron chi connectivity index (χ0n) is 7.83. The molecule has 0 rings (SSSR count). The van der Waals surface area contributed by atoms with Crippen LogP contribution in [0.2, 0.25) is 0 Å². The van der Waals surface area contributed by atoms with Gasteiger partial charge in [0.25, 0.3) is 9.05 Å². The molecule has 0 heterocycles. The van der Waals surface area contributed by atoms with E-state index < -0.39 is 19.5 Å². The number of rotatable bonds is 4. The number of hydrogen-bond donors (Lipinski definition) is 1. The first-order valence-electron chi connectivity index (χ1n) is 3.16. The van der Waals surface area contributed by atoms with Crippen LogP contribution in [0.4, 0.5) is 0 Å². The van der Waals surface area contributed by atoms with Gasteiger partial charge in [0.05, 0.1) is 20.8 Å². The molecule has 0 aliphatic carbocycles. The summed E-state index contributed by atoms with van der Waals surface area (Å²) in [6.45, 7) is 1.44. The van der Waals surface area contributed by atoms with Gasteiger partial charge in [-0.3, -0.25) is 12.9 Å². The molecular weight excluding hydrogens is 256 g/mol. The lowest BCUT2D eigenvalue weighted by molar-refractivity contribution is 0.283. The fraction of sp³-hybridized carbons (Fsp3) is 1.00. The summed E-state index contributed by atoms with van der Waals surface area (Å²) in [7, 11) is -4.53. The minimum atomic E-state index is -4.17. The molecule has 0 bridgehead atoms. The van der Waals surface area contributed by atoms with Gasteiger partial charge >= 0.3 is 10.4 Å². The monoisotopic (exact) mass is 268 g/mol. The van der Waals surface area contributed by atoms with Crippen LogP contribution < -0.4 is 0 Å². The zero-order chi connectivity index (χ0) is 11.8. The van der Waals surface area contributed by atoms with E-state index in [-0.39, 0.29) is 6.61 Å². The highest BCUT2D eigenvalue weighted by molar-refractivity contribution is 8.27. The van der Waals surface area contributed by atoms with Crippen LogP contribution in [0.25, 0.3) is 0 Å². The Kier molecular flexibility index (Phi) is 8.83. The summed E-state index contributed by atoms with van der Waals surface area (Å²) in [6.07, 6.45) is 0. The van der Waals surface area contributed by atoms with Gasteiger partial charge in [-0.15, -0.1) is 0 Å². The summed E-state index contributed by atoms with van der Waals surface area (Å²) < 4.78 is 49.4. The third-order valence-electron chi connectivity index (χ3n) is 0.675. The first kappa shape index (κ1) is 16.6. The average molecular weight is 268 g/mol. The van der Waals surface area contributed by atoms with Gasteiger partial charge in [0.2, 0.25) is 0 Å². The molecule has 0 aromatic heterocycles. The highest BCUT2D eigenvalue weighted by Crippen LogP contribution is 1.87. The molecule has 0 aromatic rings. The average Bonchev–Trinajstić information content (AvgIpc) is 2.04. The molecule has 0 fully saturated rings. The van der Waals surface area contributed by atoms with Crippen LogP contribution in [0.1, 0.15) is 6.92 Å². The third kappa shape index (κ3) is 14.7. The van der Waals surface area contributed by atoms with Crippen molar-refractivity contribution in [3.63, 3.8) is 0 Å². The molecule has 0 aromatic carbocycles. The Bertz CT molecular complexity index is 305. The van der Waals surface area contributed by atoms with Crippen molar-refractivity contribution < 1.29 is 29.7 Å². The van der Waals surface area contributed by atoms with Gasteiger partial charge in [0.1, 0.15) is 0 Å². The lowest BCUT2D eigenvalue weighted by Gasteiger charge is -1.95.